The zero-order chi connectivity index (χ0) is 22.9. The Kier molecular flexibility index (Phi) is 5.66. The molecule has 164 valence electrons. The Labute approximate surface area is 199 Å². The Morgan fingerprint density at radius 1 is 1.09 bits per heavy atom. The van der Waals surface area contributed by atoms with Gasteiger partial charge in [0, 0.05) is 18.0 Å². The van der Waals surface area contributed by atoms with Crippen LogP contribution in [0.1, 0.15) is 27.2 Å². The van der Waals surface area contributed by atoms with Crippen molar-refractivity contribution in [1.29, 1.82) is 0 Å². The third-order valence-electron chi connectivity index (χ3n) is 5.35. The summed E-state index contributed by atoms with van der Waals surface area (Å²) in [5, 5.41) is 5.26. The molecule has 3 aromatic heterocycles. The number of rotatable bonds is 5. The zero-order valence-electron chi connectivity index (χ0n) is 17.9. The fourth-order valence-corrected chi connectivity index (χ4v) is 4.95. The number of hydrogen-bond donors (Lipinski definition) is 0. The van der Waals surface area contributed by atoms with Crippen LogP contribution < -0.4 is 4.90 Å². The van der Waals surface area contributed by atoms with E-state index in [1.807, 2.05) is 55.5 Å². The van der Waals surface area contributed by atoms with Gasteiger partial charge in [-0.3, -0.25) is 14.7 Å². The summed E-state index contributed by atoms with van der Waals surface area (Å²) in [5.41, 5.74) is 4.24. The van der Waals surface area contributed by atoms with Crippen LogP contribution in [0.5, 0.6) is 0 Å². The molecule has 3 heterocycles. The van der Waals surface area contributed by atoms with Crippen molar-refractivity contribution in [3.05, 3.63) is 94.5 Å². The monoisotopic (exact) mass is 474 g/mol. The van der Waals surface area contributed by atoms with Gasteiger partial charge < -0.3 is 4.52 Å². The van der Waals surface area contributed by atoms with Crippen LogP contribution in [-0.2, 0) is 6.54 Å². The summed E-state index contributed by atoms with van der Waals surface area (Å²) >= 11 is 7.89. The quantitative estimate of drug-likeness (QED) is 0.292. The number of nitrogens with zero attached hydrogens (tertiary/aromatic N) is 4. The molecule has 0 saturated heterocycles. The van der Waals surface area contributed by atoms with E-state index in [1.54, 1.807) is 30.3 Å². The third kappa shape index (κ3) is 4.01. The zero-order valence-corrected chi connectivity index (χ0v) is 19.5. The molecule has 0 bridgehead atoms. The maximum Gasteiger partial charge on any atom is 0.266 e. The number of amides is 1. The Morgan fingerprint density at radius 3 is 2.70 bits per heavy atom. The van der Waals surface area contributed by atoms with Crippen molar-refractivity contribution in [2.24, 2.45) is 0 Å². The van der Waals surface area contributed by atoms with Crippen molar-refractivity contribution in [3.63, 3.8) is 0 Å². The van der Waals surface area contributed by atoms with Gasteiger partial charge in [0.05, 0.1) is 21.8 Å². The SMILES string of the molecule is Cc1onc(-c2ccccc2Cl)c1C(=O)N(Cc1cccnc1)c1nc2c(C)cccc2s1. The first-order valence-electron chi connectivity index (χ1n) is 10.3. The summed E-state index contributed by atoms with van der Waals surface area (Å²) in [6.07, 6.45) is 3.45. The van der Waals surface area contributed by atoms with E-state index in [0.717, 1.165) is 21.3 Å². The molecule has 0 fully saturated rings. The van der Waals surface area contributed by atoms with E-state index in [1.165, 1.54) is 11.3 Å². The van der Waals surface area contributed by atoms with E-state index in [0.29, 0.717) is 39.3 Å². The van der Waals surface area contributed by atoms with E-state index in [4.69, 9.17) is 21.1 Å². The maximum absolute atomic E-state index is 14.0. The first-order valence-corrected chi connectivity index (χ1v) is 11.5. The normalized spacial score (nSPS) is 11.1. The number of carbonyl (C=O) groups excluding carboxylic acids is 1. The van der Waals surface area contributed by atoms with Gasteiger partial charge in [0.15, 0.2) is 5.13 Å². The molecule has 0 saturated carbocycles. The smallest absolute Gasteiger partial charge is 0.266 e. The molecular formula is C25H19ClN4O2S. The Morgan fingerprint density at radius 2 is 1.94 bits per heavy atom. The predicted molar refractivity (Wildman–Crippen MR) is 131 cm³/mol. The van der Waals surface area contributed by atoms with Gasteiger partial charge in [-0.2, -0.15) is 0 Å². The second-order valence-electron chi connectivity index (χ2n) is 7.61. The molecule has 5 rings (SSSR count). The van der Waals surface area contributed by atoms with Crippen LogP contribution in [0, 0.1) is 13.8 Å². The van der Waals surface area contributed by atoms with Gasteiger partial charge >= 0.3 is 0 Å². The van der Waals surface area contributed by atoms with E-state index >= 15 is 0 Å². The number of para-hydroxylation sites is 1. The van der Waals surface area contributed by atoms with Crippen LogP contribution in [0.25, 0.3) is 21.5 Å². The average molecular weight is 475 g/mol. The van der Waals surface area contributed by atoms with Crippen LogP contribution in [0.4, 0.5) is 5.13 Å². The van der Waals surface area contributed by atoms with Crippen molar-refractivity contribution in [1.82, 2.24) is 15.1 Å². The van der Waals surface area contributed by atoms with Gasteiger partial charge in [0.2, 0.25) is 0 Å². The standard InChI is InChI=1S/C25H19ClN4O2S/c1-15-7-5-11-20-22(15)28-25(33-20)30(14-17-8-6-12-27-13-17)24(31)21-16(2)32-29-23(21)18-9-3-4-10-19(18)26/h3-13H,14H2,1-2H3. The topological polar surface area (TPSA) is 72.1 Å². The number of carbonyl (C=O) groups is 1. The van der Waals surface area contributed by atoms with Crippen molar-refractivity contribution >= 4 is 44.2 Å². The number of benzene rings is 2. The first kappa shape index (κ1) is 21.3. The van der Waals surface area contributed by atoms with Gasteiger partial charge in [-0.05, 0) is 43.2 Å². The predicted octanol–water partition coefficient (Wildman–Crippen LogP) is 6.46. The van der Waals surface area contributed by atoms with Crippen LogP contribution in [-0.4, -0.2) is 21.0 Å². The molecule has 0 N–H and O–H groups in total. The fourth-order valence-electron chi connectivity index (χ4n) is 3.69. The average Bonchev–Trinajstić information content (AvgIpc) is 3.42. The lowest BCUT2D eigenvalue weighted by Crippen LogP contribution is -2.31. The summed E-state index contributed by atoms with van der Waals surface area (Å²) < 4.78 is 6.47. The maximum atomic E-state index is 14.0. The summed E-state index contributed by atoms with van der Waals surface area (Å²) in [5.74, 6) is 0.160. The molecule has 2 aromatic carbocycles. The first-order chi connectivity index (χ1) is 16.0. The van der Waals surface area contributed by atoms with Crippen LogP contribution in [0.3, 0.4) is 0 Å². The van der Waals surface area contributed by atoms with E-state index in [2.05, 4.69) is 10.1 Å². The van der Waals surface area contributed by atoms with Gasteiger partial charge in [0.25, 0.3) is 5.91 Å². The molecule has 0 unspecified atom stereocenters. The van der Waals surface area contributed by atoms with Crippen molar-refractivity contribution in [2.75, 3.05) is 4.90 Å². The van der Waals surface area contributed by atoms with Crippen molar-refractivity contribution in [3.8, 4) is 11.3 Å². The highest BCUT2D eigenvalue weighted by Gasteiger charge is 2.30. The number of hydrogen-bond acceptors (Lipinski definition) is 6. The number of fused-ring (bicyclic) bond motifs is 1. The minimum atomic E-state index is -0.260. The summed E-state index contributed by atoms with van der Waals surface area (Å²) in [6.45, 7) is 4.04. The number of thiazole rings is 1. The molecule has 0 atom stereocenters. The number of aryl methyl sites for hydroxylation is 2. The fraction of sp³-hybridized carbons (Fsp3) is 0.120. The molecule has 5 aromatic rings. The lowest BCUT2D eigenvalue weighted by molar-refractivity contribution is 0.0984. The summed E-state index contributed by atoms with van der Waals surface area (Å²) in [7, 11) is 0. The molecule has 33 heavy (non-hydrogen) atoms. The summed E-state index contributed by atoms with van der Waals surface area (Å²) in [6, 6.07) is 17.1. The minimum absolute atomic E-state index is 0.260. The number of anilines is 1. The summed E-state index contributed by atoms with van der Waals surface area (Å²) in [4.78, 5) is 24.7. The molecular weight excluding hydrogens is 456 g/mol. The van der Waals surface area contributed by atoms with E-state index in [9.17, 15) is 4.79 Å². The molecule has 0 aliphatic carbocycles. The van der Waals surface area contributed by atoms with Gasteiger partial charge in [0.1, 0.15) is 17.0 Å². The minimum Gasteiger partial charge on any atom is -0.360 e. The lowest BCUT2D eigenvalue weighted by atomic mass is 10.0. The Hall–Kier alpha value is -3.55. The van der Waals surface area contributed by atoms with Crippen LogP contribution in [0.2, 0.25) is 5.02 Å². The molecule has 0 aliphatic rings. The third-order valence-corrected chi connectivity index (χ3v) is 6.73. The van der Waals surface area contributed by atoms with Gasteiger partial charge in [-0.1, -0.05) is 64.5 Å². The molecule has 0 spiro atoms. The van der Waals surface area contributed by atoms with Crippen molar-refractivity contribution in [2.45, 2.75) is 20.4 Å². The highest BCUT2D eigenvalue weighted by molar-refractivity contribution is 7.22. The van der Waals surface area contributed by atoms with E-state index in [-0.39, 0.29) is 5.91 Å². The Balaban J connectivity index is 1.64. The molecule has 0 radical (unpaired) electrons. The molecule has 0 aliphatic heterocycles. The van der Waals surface area contributed by atoms with Crippen molar-refractivity contribution < 1.29 is 9.32 Å². The van der Waals surface area contributed by atoms with Crippen LogP contribution in [0.15, 0.2) is 71.5 Å². The second-order valence-corrected chi connectivity index (χ2v) is 9.03. The highest BCUT2D eigenvalue weighted by Crippen LogP contribution is 2.36. The number of halogens is 1. The van der Waals surface area contributed by atoms with Gasteiger partial charge in [-0.15, -0.1) is 0 Å². The largest absolute Gasteiger partial charge is 0.360 e. The molecule has 8 heteroatoms. The Bertz CT molecular complexity index is 1460. The highest BCUT2D eigenvalue weighted by atomic mass is 35.5. The molecule has 1 amide bonds. The number of pyridine rings is 1. The molecule has 6 nitrogen and oxygen atoms in total. The second kappa shape index (κ2) is 8.77. The van der Waals surface area contributed by atoms with Gasteiger partial charge in [-0.25, -0.2) is 4.98 Å². The lowest BCUT2D eigenvalue weighted by Gasteiger charge is -2.20. The number of aromatic nitrogens is 3. The van der Waals surface area contributed by atoms with E-state index < -0.39 is 0 Å². The van der Waals surface area contributed by atoms with Crippen LogP contribution >= 0.6 is 22.9 Å².